The lowest BCUT2D eigenvalue weighted by Crippen LogP contribution is -2.07. The number of hydrogen-bond donors (Lipinski definition) is 2. The van der Waals surface area contributed by atoms with Crippen molar-refractivity contribution >= 4 is 16.9 Å². The minimum Gasteiger partial charge on any atom is -0.508 e. The third-order valence-corrected chi connectivity index (χ3v) is 4.61. The molecule has 0 spiro atoms. The Balaban J connectivity index is 1.44. The van der Waals surface area contributed by atoms with Gasteiger partial charge in [0.05, 0.1) is 0 Å². The monoisotopic (exact) mass is 351 g/mol. The Kier molecular flexibility index (Phi) is 5.61. The predicted octanol–water partition coefficient (Wildman–Crippen LogP) is 5.32. The summed E-state index contributed by atoms with van der Waals surface area (Å²) in [5.41, 5.74) is 3.37. The van der Waals surface area contributed by atoms with Crippen LogP contribution in [0.2, 0.25) is 0 Å². The number of aromatic amines is 1. The molecule has 3 aromatic rings. The number of fused-ring (bicyclic) bond motifs is 1. The summed E-state index contributed by atoms with van der Waals surface area (Å²) in [4.78, 5) is 15.2. The van der Waals surface area contributed by atoms with Crippen LogP contribution in [-0.4, -0.2) is 16.1 Å². The number of benzene rings is 2. The van der Waals surface area contributed by atoms with Gasteiger partial charge in [-0.25, -0.2) is 0 Å². The number of carbonyl (C=O) groups excluding carboxylic acids is 1. The number of esters is 1. The van der Waals surface area contributed by atoms with Gasteiger partial charge in [0.1, 0.15) is 11.5 Å². The lowest BCUT2D eigenvalue weighted by Gasteiger charge is -2.07. The number of hydrogen-bond acceptors (Lipinski definition) is 3. The summed E-state index contributed by atoms with van der Waals surface area (Å²) >= 11 is 0. The molecule has 0 amide bonds. The van der Waals surface area contributed by atoms with Gasteiger partial charge < -0.3 is 14.8 Å². The standard InChI is InChI=1S/C22H25NO3/c1-15(2)16-7-10-19(11-8-16)26-22(25)6-4-3-5-17-14-23-21-13-18(24)9-12-20(17)21/h7-15,23-24H,3-6H2,1-2H3. The van der Waals surface area contributed by atoms with Crippen molar-refractivity contribution in [1.82, 2.24) is 4.98 Å². The largest absolute Gasteiger partial charge is 0.508 e. The van der Waals surface area contributed by atoms with E-state index in [-0.39, 0.29) is 11.7 Å². The van der Waals surface area contributed by atoms with Crippen LogP contribution in [0.25, 0.3) is 10.9 Å². The Bertz CT molecular complexity index is 878. The average molecular weight is 351 g/mol. The zero-order valence-electron chi connectivity index (χ0n) is 15.3. The fourth-order valence-corrected chi connectivity index (χ4v) is 3.07. The SMILES string of the molecule is CC(C)c1ccc(OC(=O)CCCCc2c[nH]c3cc(O)ccc23)cc1. The van der Waals surface area contributed by atoms with Crippen LogP contribution in [0.1, 0.15) is 50.2 Å². The van der Waals surface area contributed by atoms with E-state index in [1.54, 1.807) is 12.1 Å². The molecule has 0 atom stereocenters. The zero-order valence-corrected chi connectivity index (χ0v) is 15.3. The number of aromatic hydroxyl groups is 1. The Morgan fingerprint density at radius 2 is 1.88 bits per heavy atom. The second-order valence-electron chi connectivity index (χ2n) is 6.95. The first-order valence-electron chi connectivity index (χ1n) is 9.12. The molecular weight excluding hydrogens is 326 g/mol. The van der Waals surface area contributed by atoms with Crippen LogP contribution in [0.5, 0.6) is 11.5 Å². The van der Waals surface area contributed by atoms with Gasteiger partial charge in [0.2, 0.25) is 0 Å². The van der Waals surface area contributed by atoms with Gasteiger partial charge in [-0.3, -0.25) is 4.79 Å². The van der Waals surface area contributed by atoms with Gasteiger partial charge >= 0.3 is 5.97 Å². The van der Waals surface area contributed by atoms with E-state index in [2.05, 4.69) is 18.8 Å². The maximum absolute atomic E-state index is 12.0. The fraction of sp³-hybridized carbons (Fsp3) is 0.318. The summed E-state index contributed by atoms with van der Waals surface area (Å²) in [6.45, 7) is 4.27. The number of phenols is 1. The Morgan fingerprint density at radius 3 is 2.62 bits per heavy atom. The van der Waals surface area contributed by atoms with Crippen LogP contribution < -0.4 is 4.74 Å². The first kappa shape index (κ1) is 18.1. The van der Waals surface area contributed by atoms with E-state index in [9.17, 15) is 9.90 Å². The topological polar surface area (TPSA) is 62.3 Å². The molecule has 0 radical (unpaired) electrons. The minimum atomic E-state index is -0.189. The number of H-pyrrole nitrogens is 1. The van der Waals surface area contributed by atoms with Gasteiger partial charge in [-0.1, -0.05) is 26.0 Å². The van der Waals surface area contributed by atoms with Crippen molar-refractivity contribution in [3.8, 4) is 11.5 Å². The van der Waals surface area contributed by atoms with Crippen molar-refractivity contribution in [3.05, 3.63) is 59.8 Å². The molecule has 26 heavy (non-hydrogen) atoms. The van der Waals surface area contributed by atoms with Crippen molar-refractivity contribution in [1.29, 1.82) is 0 Å². The van der Waals surface area contributed by atoms with Gasteiger partial charge in [0.25, 0.3) is 0 Å². The molecule has 4 nitrogen and oxygen atoms in total. The number of rotatable bonds is 7. The molecule has 4 heteroatoms. The Labute approximate surface area is 153 Å². The van der Waals surface area contributed by atoms with Crippen molar-refractivity contribution in [2.75, 3.05) is 0 Å². The molecule has 0 fully saturated rings. The van der Waals surface area contributed by atoms with Crippen LogP contribution >= 0.6 is 0 Å². The fourth-order valence-electron chi connectivity index (χ4n) is 3.07. The number of aryl methyl sites for hydroxylation is 1. The number of aromatic nitrogens is 1. The summed E-state index contributed by atoms with van der Waals surface area (Å²) in [6.07, 6.45) is 4.97. The van der Waals surface area contributed by atoms with E-state index in [1.165, 1.54) is 11.1 Å². The third-order valence-electron chi connectivity index (χ3n) is 4.61. The highest BCUT2D eigenvalue weighted by molar-refractivity contribution is 5.84. The molecule has 1 aromatic heterocycles. The summed E-state index contributed by atoms with van der Waals surface area (Å²) in [6, 6.07) is 13.1. The van der Waals surface area contributed by atoms with E-state index in [1.807, 2.05) is 36.5 Å². The molecule has 1 heterocycles. The first-order valence-corrected chi connectivity index (χ1v) is 9.12. The average Bonchev–Trinajstić information content (AvgIpc) is 3.01. The van der Waals surface area contributed by atoms with Crippen LogP contribution in [0.3, 0.4) is 0 Å². The Morgan fingerprint density at radius 1 is 1.12 bits per heavy atom. The molecule has 0 aliphatic rings. The molecule has 2 N–H and O–H groups in total. The van der Waals surface area contributed by atoms with E-state index in [4.69, 9.17) is 4.74 Å². The summed E-state index contributed by atoms with van der Waals surface area (Å²) in [5.74, 6) is 1.14. The maximum atomic E-state index is 12.0. The van der Waals surface area contributed by atoms with Crippen molar-refractivity contribution < 1.29 is 14.6 Å². The van der Waals surface area contributed by atoms with Gasteiger partial charge in [-0.15, -0.1) is 0 Å². The second-order valence-corrected chi connectivity index (χ2v) is 6.95. The van der Waals surface area contributed by atoms with Gasteiger partial charge in [-0.2, -0.15) is 0 Å². The quantitative estimate of drug-likeness (QED) is 0.344. The number of carbonyl (C=O) groups is 1. The lowest BCUT2D eigenvalue weighted by molar-refractivity contribution is -0.134. The molecular formula is C22H25NO3. The molecule has 0 bridgehead atoms. The number of unbranched alkanes of at least 4 members (excludes halogenated alkanes) is 1. The highest BCUT2D eigenvalue weighted by atomic mass is 16.5. The van der Waals surface area contributed by atoms with Crippen LogP contribution in [0.15, 0.2) is 48.7 Å². The maximum Gasteiger partial charge on any atom is 0.311 e. The van der Waals surface area contributed by atoms with E-state index in [0.29, 0.717) is 18.1 Å². The summed E-state index contributed by atoms with van der Waals surface area (Å²) in [5, 5.41) is 10.6. The van der Waals surface area contributed by atoms with Gasteiger partial charge in [0.15, 0.2) is 0 Å². The van der Waals surface area contributed by atoms with Gasteiger partial charge in [-0.05, 0) is 60.6 Å². The van der Waals surface area contributed by atoms with E-state index in [0.717, 1.165) is 30.2 Å². The van der Waals surface area contributed by atoms with E-state index < -0.39 is 0 Å². The number of nitrogens with one attached hydrogen (secondary N) is 1. The van der Waals surface area contributed by atoms with Crippen LogP contribution in [-0.2, 0) is 11.2 Å². The molecule has 3 rings (SSSR count). The third kappa shape index (κ3) is 4.45. The molecule has 0 unspecified atom stereocenters. The summed E-state index contributed by atoms with van der Waals surface area (Å²) in [7, 11) is 0. The minimum absolute atomic E-state index is 0.189. The Hall–Kier alpha value is -2.75. The predicted molar refractivity (Wildman–Crippen MR) is 104 cm³/mol. The first-order chi connectivity index (χ1) is 12.5. The molecule has 136 valence electrons. The van der Waals surface area contributed by atoms with Crippen LogP contribution in [0, 0.1) is 0 Å². The summed E-state index contributed by atoms with van der Waals surface area (Å²) < 4.78 is 5.40. The zero-order chi connectivity index (χ0) is 18.5. The lowest BCUT2D eigenvalue weighted by atomic mass is 10.0. The number of phenolic OH excluding ortho intramolecular Hbond substituents is 1. The molecule has 0 aliphatic carbocycles. The molecule has 0 aliphatic heterocycles. The van der Waals surface area contributed by atoms with Gasteiger partial charge in [0, 0.05) is 29.6 Å². The van der Waals surface area contributed by atoms with Crippen LogP contribution in [0.4, 0.5) is 0 Å². The highest BCUT2D eigenvalue weighted by Crippen LogP contribution is 2.24. The second kappa shape index (κ2) is 8.09. The highest BCUT2D eigenvalue weighted by Gasteiger charge is 2.08. The van der Waals surface area contributed by atoms with Crippen molar-refractivity contribution in [2.24, 2.45) is 0 Å². The molecule has 0 saturated heterocycles. The number of ether oxygens (including phenoxy) is 1. The smallest absolute Gasteiger partial charge is 0.311 e. The van der Waals surface area contributed by atoms with E-state index >= 15 is 0 Å². The van der Waals surface area contributed by atoms with Crippen molar-refractivity contribution in [3.63, 3.8) is 0 Å². The molecule has 2 aromatic carbocycles. The normalized spacial score (nSPS) is 11.2. The van der Waals surface area contributed by atoms with Crippen molar-refractivity contribution in [2.45, 2.75) is 45.4 Å². The molecule has 0 saturated carbocycles.